The number of allylic oxidation sites excluding steroid dienone is 1. The summed E-state index contributed by atoms with van der Waals surface area (Å²) in [7, 11) is 1.36. The van der Waals surface area contributed by atoms with Gasteiger partial charge in [0.2, 0.25) is 0 Å². The summed E-state index contributed by atoms with van der Waals surface area (Å²) in [6.07, 6.45) is 5.66. The molecular formula is C9H14O3. The summed E-state index contributed by atoms with van der Waals surface area (Å²) in [4.78, 5) is 10.6. The molecule has 0 spiro atoms. The second-order valence-electron chi connectivity index (χ2n) is 2.82. The number of carbonyl (C=O) groups is 1. The van der Waals surface area contributed by atoms with Crippen molar-refractivity contribution in [3.63, 3.8) is 0 Å². The average Bonchev–Trinajstić information content (AvgIpc) is 2.57. The van der Waals surface area contributed by atoms with E-state index in [2.05, 4.69) is 10.8 Å². The predicted molar refractivity (Wildman–Crippen MR) is 44.8 cm³/mol. The summed E-state index contributed by atoms with van der Waals surface area (Å²) in [5, 5.41) is 0. The van der Waals surface area contributed by atoms with Crippen LogP contribution in [-0.4, -0.2) is 26.3 Å². The first-order valence-electron chi connectivity index (χ1n) is 4.15. The lowest BCUT2D eigenvalue weighted by Gasteiger charge is -2.02. The molecule has 0 radical (unpaired) electrons. The lowest BCUT2D eigenvalue weighted by molar-refractivity contribution is -0.145. The highest BCUT2D eigenvalue weighted by atomic mass is 16.6. The van der Waals surface area contributed by atoms with E-state index in [-0.39, 0.29) is 12.6 Å². The molecule has 0 amide bonds. The zero-order chi connectivity index (χ0) is 8.81. The maximum Gasteiger partial charge on any atom is 0.331 e. The molecule has 0 saturated carbocycles. The van der Waals surface area contributed by atoms with Crippen LogP contribution in [0.25, 0.3) is 0 Å². The van der Waals surface area contributed by atoms with Crippen LogP contribution < -0.4 is 0 Å². The molecule has 0 bridgehead atoms. The molecule has 0 aromatic heterocycles. The first-order chi connectivity index (χ1) is 5.83. The Morgan fingerprint density at radius 3 is 3.08 bits per heavy atom. The zero-order valence-electron chi connectivity index (χ0n) is 7.34. The van der Waals surface area contributed by atoms with Gasteiger partial charge in [-0.05, 0) is 24.8 Å². The first-order valence-corrected chi connectivity index (χ1v) is 4.15. The van der Waals surface area contributed by atoms with E-state index in [0.717, 1.165) is 12.8 Å². The Labute approximate surface area is 72.4 Å². The van der Waals surface area contributed by atoms with Gasteiger partial charge < -0.3 is 9.47 Å². The normalized spacial score (nSPS) is 15.9. The van der Waals surface area contributed by atoms with Crippen LogP contribution >= 0.6 is 0 Å². The highest BCUT2D eigenvalue weighted by Gasteiger charge is 2.05. The van der Waals surface area contributed by atoms with Crippen LogP contribution in [0, 0.1) is 0 Å². The van der Waals surface area contributed by atoms with Gasteiger partial charge in [-0.1, -0.05) is 6.08 Å². The van der Waals surface area contributed by atoms with Gasteiger partial charge in [0.15, 0.2) is 0 Å². The summed E-state index contributed by atoms with van der Waals surface area (Å²) in [6.45, 7) is 0.642. The van der Waals surface area contributed by atoms with Gasteiger partial charge in [-0.2, -0.15) is 0 Å². The van der Waals surface area contributed by atoms with Crippen molar-refractivity contribution in [3.05, 3.63) is 11.6 Å². The highest BCUT2D eigenvalue weighted by Crippen LogP contribution is 2.17. The zero-order valence-corrected chi connectivity index (χ0v) is 7.34. The number of methoxy groups -OCH3 is 1. The van der Waals surface area contributed by atoms with Crippen molar-refractivity contribution in [2.75, 3.05) is 20.3 Å². The number of hydrogen-bond acceptors (Lipinski definition) is 3. The molecule has 0 unspecified atom stereocenters. The lowest BCUT2D eigenvalue weighted by Crippen LogP contribution is -2.11. The molecule has 1 rings (SSSR count). The van der Waals surface area contributed by atoms with Gasteiger partial charge in [-0.15, -0.1) is 0 Å². The van der Waals surface area contributed by atoms with Gasteiger partial charge >= 0.3 is 5.97 Å². The molecule has 0 aromatic carbocycles. The summed E-state index contributed by atoms with van der Waals surface area (Å²) in [5.74, 6) is -0.311. The quantitative estimate of drug-likeness (QED) is 0.471. The lowest BCUT2D eigenvalue weighted by atomic mass is 10.2. The number of carbonyl (C=O) groups excluding carboxylic acids is 1. The Kier molecular flexibility index (Phi) is 3.80. The third-order valence-electron chi connectivity index (χ3n) is 1.87. The fraction of sp³-hybridized carbons (Fsp3) is 0.667. The molecule has 68 valence electrons. The monoisotopic (exact) mass is 170 g/mol. The Morgan fingerprint density at radius 2 is 2.50 bits per heavy atom. The molecular weight excluding hydrogens is 156 g/mol. The molecule has 1 aliphatic carbocycles. The van der Waals surface area contributed by atoms with Gasteiger partial charge in [0.25, 0.3) is 0 Å². The topological polar surface area (TPSA) is 35.5 Å². The van der Waals surface area contributed by atoms with Gasteiger partial charge in [0.1, 0.15) is 6.61 Å². The molecule has 12 heavy (non-hydrogen) atoms. The summed E-state index contributed by atoms with van der Waals surface area (Å²) in [5.41, 5.74) is 1.30. The molecule has 3 heteroatoms. The molecule has 0 atom stereocenters. The van der Waals surface area contributed by atoms with Crippen molar-refractivity contribution in [2.45, 2.75) is 19.3 Å². The molecule has 0 aliphatic heterocycles. The van der Waals surface area contributed by atoms with Crippen molar-refractivity contribution >= 4 is 5.97 Å². The van der Waals surface area contributed by atoms with E-state index >= 15 is 0 Å². The van der Waals surface area contributed by atoms with Crippen LogP contribution in [0.4, 0.5) is 0 Å². The fourth-order valence-electron chi connectivity index (χ4n) is 1.19. The largest absolute Gasteiger partial charge is 0.467 e. The van der Waals surface area contributed by atoms with E-state index in [1.165, 1.54) is 19.1 Å². The average molecular weight is 170 g/mol. The van der Waals surface area contributed by atoms with E-state index in [9.17, 15) is 4.79 Å². The van der Waals surface area contributed by atoms with Gasteiger partial charge in [-0.3, -0.25) is 0 Å². The van der Waals surface area contributed by atoms with Crippen LogP contribution in [0.3, 0.4) is 0 Å². The molecule has 0 fully saturated rings. The second-order valence-corrected chi connectivity index (χ2v) is 2.82. The molecule has 0 saturated heterocycles. The molecule has 0 N–H and O–H groups in total. The van der Waals surface area contributed by atoms with Crippen LogP contribution in [0.5, 0.6) is 0 Å². The van der Waals surface area contributed by atoms with Crippen LogP contribution in [0.2, 0.25) is 0 Å². The Balaban J connectivity index is 2.05. The Morgan fingerprint density at radius 1 is 1.67 bits per heavy atom. The Hall–Kier alpha value is -0.830. The number of rotatable bonds is 4. The molecule has 3 nitrogen and oxygen atoms in total. The van der Waals surface area contributed by atoms with Crippen LogP contribution in [0.1, 0.15) is 19.3 Å². The van der Waals surface area contributed by atoms with Crippen molar-refractivity contribution in [2.24, 2.45) is 0 Å². The summed E-state index contributed by atoms with van der Waals surface area (Å²) < 4.78 is 9.56. The maximum absolute atomic E-state index is 10.6. The SMILES string of the molecule is COC(=O)COCC1=CCCC1. The second kappa shape index (κ2) is 4.93. The van der Waals surface area contributed by atoms with Gasteiger partial charge in [0.05, 0.1) is 13.7 Å². The fourth-order valence-corrected chi connectivity index (χ4v) is 1.19. The molecule has 1 aliphatic rings. The minimum absolute atomic E-state index is 0.0633. The van der Waals surface area contributed by atoms with Gasteiger partial charge in [0, 0.05) is 0 Å². The van der Waals surface area contributed by atoms with Crippen molar-refractivity contribution in [1.82, 2.24) is 0 Å². The number of esters is 1. The highest BCUT2D eigenvalue weighted by molar-refractivity contribution is 5.70. The predicted octanol–water partition coefficient (Wildman–Crippen LogP) is 1.29. The molecule has 0 aromatic rings. The minimum Gasteiger partial charge on any atom is -0.467 e. The standard InChI is InChI=1S/C9H14O3/c1-11-9(10)7-12-6-8-4-2-3-5-8/h4H,2-3,5-7H2,1H3. The van der Waals surface area contributed by atoms with E-state index in [1.807, 2.05) is 0 Å². The maximum atomic E-state index is 10.6. The van der Waals surface area contributed by atoms with Gasteiger partial charge in [-0.25, -0.2) is 4.79 Å². The van der Waals surface area contributed by atoms with E-state index in [1.54, 1.807) is 0 Å². The van der Waals surface area contributed by atoms with Crippen molar-refractivity contribution in [1.29, 1.82) is 0 Å². The van der Waals surface area contributed by atoms with E-state index in [4.69, 9.17) is 4.74 Å². The summed E-state index contributed by atoms with van der Waals surface area (Å²) >= 11 is 0. The number of ether oxygens (including phenoxy) is 2. The minimum atomic E-state index is -0.311. The third kappa shape index (κ3) is 3.05. The molecule has 0 heterocycles. The van der Waals surface area contributed by atoms with E-state index in [0.29, 0.717) is 6.61 Å². The Bertz CT molecular complexity index is 184. The van der Waals surface area contributed by atoms with Crippen LogP contribution in [0.15, 0.2) is 11.6 Å². The van der Waals surface area contributed by atoms with E-state index < -0.39 is 0 Å². The van der Waals surface area contributed by atoms with Crippen molar-refractivity contribution < 1.29 is 14.3 Å². The van der Waals surface area contributed by atoms with Crippen molar-refractivity contribution in [3.8, 4) is 0 Å². The number of hydrogen-bond donors (Lipinski definition) is 0. The summed E-state index contributed by atoms with van der Waals surface area (Å²) in [6, 6.07) is 0. The van der Waals surface area contributed by atoms with Crippen LogP contribution in [-0.2, 0) is 14.3 Å². The first kappa shape index (κ1) is 9.26. The smallest absolute Gasteiger partial charge is 0.331 e. The third-order valence-corrected chi connectivity index (χ3v) is 1.87.